The van der Waals surface area contributed by atoms with Gasteiger partial charge in [0.15, 0.2) is 11.5 Å². The van der Waals surface area contributed by atoms with Crippen LogP contribution in [0.5, 0.6) is 0 Å². The Morgan fingerprint density at radius 3 is 2.92 bits per heavy atom. The number of amides is 2. The van der Waals surface area contributed by atoms with Crippen molar-refractivity contribution in [3.8, 4) is 5.69 Å². The third-order valence-electron chi connectivity index (χ3n) is 7.76. The first kappa shape index (κ1) is 24.8. The molecule has 1 aliphatic heterocycles. The summed E-state index contributed by atoms with van der Waals surface area (Å²) in [7, 11) is 1.78. The third-order valence-corrected chi connectivity index (χ3v) is 8.35. The Morgan fingerprint density at radius 1 is 1.24 bits per heavy atom. The maximum atomic E-state index is 14.8. The molecule has 0 radical (unpaired) electrons. The van der Waals surface area contributed by atoms with Gasteiger partial charge in [-0.15, -0.1) is 0 Å². The molecule has 196 valence electrons. The van der Waals surface area contributed by atoms with E-state index >= 15 is 0 Å². The number of aromatic nitrogens is 5. The van der Waals surface area contributed by atoms with Crippen molar-refractivity contribution in [2.75, 3.05) is 20.1 Å². The quantitative estimate of drug-likeness (QED) is 0.363. The van der Waals surface area contributed by atoms with E-state index in [1.54, 1.807) is 40.0 Å². The van der Waals surface area contributed by atoms with Crippen molar-refractivity contribution in [2.45, 2.75) is 38.6 Å². The maximum Gasteiger partial charge on any atom is 0.242 e. The number of piperazine rings is 1. The van der Waals surface area contributed by atoms with Crippen molar-refractivity contribution in [2.24, 2.45) is 11.8 Å². The van der Waals surface area contributed by atoms with E-state index in [1.807, 2.05) is 19.1 Å². The van der Waals surface area contributed by atoms with E-state index in [9.17, 15) is 14.0 Å². The highest BCUT2D eigenvalue weighted by atomic mass is 79.9. The molecule has 0 unspecified atom stereocenters. The van der Waals surface area contributed by atoms with Crippen LogP contribution in [-0.4, -0.2) is 72.5 Å². The van der Waals surface area contributed by atoms with Gasteiger partial charge in [0.1, 0.15) is 22.5 Å². The largest absolute Gasteiger partial charge is 0.342 e. The third kappa shape index (κ3) is 4.42. The molecule has 9 nitrogen and oxygen atoms in total. The number of hydrogen-bond donors (Lipinski definition) is 0. The van der Waals surface area contributed by atoms with Gasteiger partial charge in [-0.3, -0.25) is 14.6 Å². The number of carbonyl (C=O) groups excluding carboxylic acids is 2. The van der Waals surface area contributed by atoms with E-state index < -0.39 is 5.82 Å². The van der Waals surface area contributed by atoms with E-state index in [0.29, 0.717) is 45.6 Å². The summed E-state index contributed by atoms with van der Waals surface area (Å²) in [4.78, 5) is 42.4. The fourth-order valence-corrected chi connectivity index (χ4v) is 6.17. The van der Waals surface area contributed by atoms with Gasteiger partial charge >= 0.3 is 0 Å². The maximum absolute atomic E-state index is 14.8. The van der Waals surface area contributed by atoms with Crippen LogP contribution >= 0.6 is 15.9 Å². The summed E-state index contributed by atoms with van der Waals surface area (Å²) in [5.41, 5.74) is 1.44. The van der Waals surface area contributed by atoms with Crippen LogP contribution in [0.3, 0.4) is 0 Å². The number of pyridine rings is 1. The van der Waals surface area contributed by atoms with Crippen molar-refractivity contribution < 1.29 is 14.0 Å². The van der Waals surface area contributed by atoms with Crippen molar-refractivity contribution in [3.63, 3.8) is 0 Å². The summed E-state index contributed by atoms with van der Waals surface area (Å²) in [5, 5.41) is 5.95. The Kier molecular flexibility index (Phi) is 6.33. The highest BCUT2D eigenvalue weighted by Crippen LogP contribution is 2.35. The molecule has 0 N–H and O–H groups in total. The minimum absolute atomic E-state index is 0.0157. The lowest BCUT2D eigenvalue weighted by Crippen LogP contribution is -2.56. The van der Waals surface area contributed by atoms with Gasteiger partial charge in [0.25, 0.3) is 0 Å². The lowest BCUT2D eigenvalue weighted by molar-refractivity contribution is -0.149. The summed E-state index contributed by atoms with van der Waals surface area (Å²) < 4.78 is 17.0. The lowest BCUT2D eigenvalue weighted by atomic mass is 9.99. The zero-order valence-electron chi connectivity index (χ0n) is 21.1. The van der Waals surface area contributed by atoms with Crippen molar-refractivity contribution in [1.29, 1.82) is 0 Å². The zero-order valence-corrected chi connectivity index (χ0v) is 22.7. The van der Waals surface area contributed by atoms with Crippen molar-refractivity contribution in [3.05, 3.63) is 52.9 Å². The number of halogens is 2. The molecule has 0 bridgehead atoms. The molecule has 1 saturated carbocycles. The minimum Gasteiger partial charge on any atom is -0.342 e. The van der Waals surface area contributed by atoms with Gasteiger partial charge in [-0.1, -0.05) is 6.07 Å². The molecule has 2 amide bonds. The van der Waals surface area contributed by atoms with E-state index in [1.165, 1.54) is 6.07 Å². The number of fused-ring (bicyclic) bond motifs is 2. The van der Waals surface area contributed by atoms with Crippen LogP contribution < -0.4 is 0 Å². The molecule has 0 spiro atoms. The molecule has 2 fully saturated rings. The van der Waals surface area contributed by atoms with E-state index in [-0.39, 0.29) is 36.2 Å². The first-order chi connectivity index (χ1) is 18.3. The van der Waals surface area contributed by atoms with Gasteiger partial charge in [-0.25, -0.2) is 19.0 Å². The van der Waals surface area contributed by atoms with E-state index in [4.69, 9.17) is 4.98 Å². The highest BCUT2D eigenvalue weighted by Gasteiger charge is 2.38. The Hall–Kier alpha value is -3.47. The van der Waals surface area contributed by atoms with Gasteiger partial charge < -0.3 is 9.80 Å². The van der Waals surface area contributed by atoms with Crippen LogP contribution in [-0.2, 0) is 16.0 Å². The summed E-state index contributed by atoms with van der Waals surface area (Å²) in [6.07, 6.45) is 6.39. The molecule has 1 aromatic carbocycles. The number of benzene rings is 1. The van der Waals surface area contributed by atoms with Crippen LogP contribution in [0.15, 0.2) is 41.3 Å². The van der Waals surface area contributed by atoms with Gasteiger partial charge in [0.2, 0.25) is 11.8 Å². The molecule has 4 aromatic rings. The predicted molar refractivity (Wildman–Crippen MR) is 143 cm³/mol. The average molecular weight is 580 g/mol. The first-order valence-electron chi connectivity index (χ1n) is 12.8. The Balaban J connectivity index is 1.22. The zero-order chi connectivity index (χ0) is 26.6. The topological polar surface area (TPSA) is 97.1 Å². The van der Waals surface area contributed by atoms with Gasteiger partial charge in [-0.05, 0) is 60.2 Å². The number of nitrogens with zero attached hydrogens (tertiary/aromatic N) is 7. The number of rotatable bonds is 4. The fraction of sp³-hybridized carbons (Fsp3) is 0.407. The SMILES string of the molecule is C[C@H]1CN(C)C(=O)CN1C(=O)[C@@H]1CC[C@@H](Cc2ncc3c(Br)nn(-c4cc(F)c5ncccc5c4)c3n2)C1. The first-order valence-corrected chi connectivity index (χ1v) is 13.6. The monoisotopic (exact) mass is 579 g/mol. The summed E-state index contributed by atoms with van der Waals surface area (Å²) in [6.45, 7) is 2.71. The molecule has 2 aliphatic rings. The Labute approximate surface area is 227 Å². The van der Waals surface area contributed by atoms with E-state index in [0.717, 1.165) is 24.6 Å². The van der Waals surface area contributed by atoms with Gasteiger partial charge in [0, 0.05) is 55.8 Å². The molecule has 3 atom stereocenters. The van der Waals surface area contributed by atoms with Crippen LogP contribution in [0.25, 0.3) is 27.6 Å². The Bertz CT molecular complexity index is 1570. The lowest BCUT2D eigenvalue weighted by Gasteiger charge is -2.38. The summed E-state index contributed by atoms with van der Waals surface area (Å²) in [6, 6.07) is 6.85. The van der Waals surface area contributed by atoms with Crippen LogP contribution in [0.2, 0.25) is 0 Å². The molecule has 1 aliphatic carbocycles. The smallest absolute Gasteiger partial charge is 0.242 e. The molecule has 3 aromatic heterocycles. The number of hydrogen-bond acceptors (Lipinski definition) is 6. The summed E-state index contributed by atoms with van der Waals surface area (Å²) >= 11 is 3.48. The second kappa shape index (κ2) is 9.68. The molecular weight excluding hydrogens is 553 g/mol. The number of likely N-dealkylation sites (N-methyl/N-ethyl adjacent to an activating group) is 1. The molecule has 1 saturated heterocycles. The van der Waals surface area contributed by atoms with Crippen LogP contribution in [0.4, 0.5) is 4.39 Å². The van der Waals surface area contributed by atoms with Crippen molar-refractivity contribution in [1.82, 2.24) is 34.5 Å². The van der Waals surface area contributed by atoms with Crippen molar-refractivity contribution >= 4 is 49.7 Å². The summed E-state index contributed by atoms with van der Waals surface area (Å²) in [5.74, 6) is 0.478. The van der Waals surface area contributed by atoms with Gasteiger partial charge in [-0.2, -0.15) is 5.10 Å². The van der Waals surface area contributed by atoms with Gasteiger partial charge in [0.05, 0.1) is 11.1 Å². The molecule has 6 rings (SSSR count). The second-order valence-electron chi connectivity index (χ2n) is 10.4. The fourth-order valence-electron chi connectivity index (χ4n) is 5.73. The standard InChI is InChI=1S/C27H27BrFN7O2/c1-15-13-34(2)23(37)14-35(15)27(38)18-6-5-16(8-18)9-22-31-12-20-25(28)33-36(26(20)32-22)19-10-17-4-3-7-30-24(17)21(29)11-19/h3-4,7,10-12,15-16,18H,5-6,8-9,13-14H2,1-2H3/t15-,16+,18+/m0/s1. The second-order valence-corrected chi connectivity index (χ2v) is 11.1. The molecule has 4 heterocycles. The van der Waals surface area contributed by atoms with Crippen LogP contribution in [0.1, 0.15) is 32.0 Å². The molecule has 38 heavy (non-hydrogen) atoms. The van der Waals surface area contributed by atoms with E-state index in [2.05, 4.69) is 31.0 Å². The number of carbonyl (C=O) groups is 2. The molecule has 11 heteroatoms. The minimum atomic E-state index is -0.426. The normalized spacial score (nSPS) is 22.1. The highest BCUT2D eigenvalue weighted by molar-refractivity contribution is 9.10. The molecular formula is C27H27BrFN7O2. The van der Waals surface area contributed by atoms with Crippen LogP contribution in [0, 0.1) is 17.7 Å². The Morgan fingerprint density at radius 2 is 2.08 bits per heavy atom. The predicted octanol–water partition coefficient (Wildman–Crippen LogP) is 3.91. The average Bonchev–Trinajstić information content (AvgIpc) is 3.50.